The van der Waals surface area contributed by atoms with Crippen molar-refractivity contribution in [1.82, 2.24) is 5.32 Å². The minimum atomic E-state index is -1.97. The second kappa shape index (κ2) is 42.6. The van der Waals surface area contributed by atoms with Crippen LogP contribution in [0.15, 0.2) is 0 Å². The molecule has 17 atom stereocenters. The van der Waals surface area contributed by atoms with Crippen molar-refractivity contribution in [3.05, 3.63) is 0 Å². The predicted octanol–water partition coefficient (Wildman–Crippen LogP) is 5.60. The van der Waals surface area contributed by atoms with Gasteiger partial charge in [0.25, 0.3) is 0 Å². The second-order valence-electron chi connectivity index (χ2n) is 22.5. The van der Waals surface area contributed by atoms with Crippen LogP contribution in [0.5, 0.6) is 0 Å². The van der Waals surface area contributed by atoms with E-state index in [2.05, 4.69) is 19.2 Å². The maximum atomic E-state index is 13.3. The quantitative estimate of drug-likeness (QED) is 0.0330. The van der Waals surface area contributed by atoms with Gasteiger partial charge < -0.3 is 89.9 Å². The molecule has 3 rings (SSSR count). The first kappa shape index (κ1) is 70.1. The summed E-state index contributed by atoms with van der Waals surface area (Å²) in [5, 5.41) is 120. The van der Waals surface area contributed by atoms with E-state index in [4.69, 9.17) is 28.4 Å². The number of hydrogen-bond donors (Lipinski definition) is 12. The number of aliphatic hydroxyl groups excluding tert-OH is 11. The number of nitrogens with one attached hydrogen (secondary N) is 1. The Balaban J connectivity index is 1.46. The van der Waals surface area contributed by atoms with Crippen LogP contribution in [-0.4, -0.2) is 193 Å². The number of aliphatic hydroxyl groups is 11. The number of hydrogen-bond acceptors (Lipinski definition) is 18. The molecule has 0 aliphatic carbocycles. The van der Waals surface area contributed by atoms with Crippen molar-refractivity contribution in [3.63, 3.8) is 0 Å². The predicted molar refractivity (Wildman–Crippen MR) is 291 cm³/mol. The summed E-state index contributed by atoms with van der Waals surface area (Å²) in [6, 6.07) is -0.879. The van der Waals surface area contributed by atoms with E-state index in [1.165, 1.54) is 154 Å². The van der Waals surface area contributed by atoms with Gasteiger partial charge in [0.05, 0.1) is 38.6 Å². The fraction of sp³-hybridized carbons (Fsp3) is 0.983. The Hall–Kier alpha value is -1.21. The van der Waals surface area contributed by atoms with Gasteiger partial charge in [-0.2, -0.15) is 0 Å². The monoisotopic (exact) mass is 1110 g/mol. The summed E-state index contributed by atoms with van der Waals surface area (Å²) in [7, 11) is 0. The van der Waals surface area contributed by atoms with Crippen molar-refractivity contribution in [3.8, 4) is 0 Å². The molecule has 77 heavy (non-hydrogen) atoms. The lowest BCUT2D eigenvalue weighted by atomic mass is 9.96. The number of amides is 1. The van der Waals surface area contributed by atoms with E-state index in [1.54, 1.807) is 0 Å². The number of ether oxygens (including phenoxy) is 6. The molecule has 3 aliphatic rings. The van der Waals surface area contributed by atoms with Crippen LogP contribution >= 0.6 is 0 Å². The van der Waals surface area contributed by atoms with E-state index >= 15 is 0 Å². The average molecular weight is 1110 g/mol. The normalized spacial score (nSPS) is 30.6. The van der Waals surface area contributed by atoms with Crippen LogP contribution in [0.25, 0.3) is 0 Å². The third-order valence-corrected chi connectivity index (χ3v) is 15.9. The molecular weight excluding hydrogens is 999 g/mol. The minimum absolute atomic E-state index is 0.241. The van der Waals surface area contributed by atoms with Crippen LogP contribution < -0.4 is 5.32 Å². The van der Waals surface area contributed by atoms with E-state index in [0.717, 1.165) is 44.9 Å². The van der Waals surface area contributed by atoms with Crippen LogP contribution in [0.3, 0.4) is 0 Å². The van der Waals surface area contributed by atoms with E-state index in [0.29, 0.717) is 12.8 Å². The van der Waals surface area contributed by atoms with Crippen LogP contribution in [0, 0.1) is 0 Å². The first-order valence-electron chi connectivity index (χ1n) is 30.8. The van der Waals surface area contributed by atoms with Gasteiger partial charge in [0.2, 0.25) is 5.91 Å². The van der Waals surface area contributed by atoms with Gasteiger partial charge >= 0.3 is 0 Å². The zero-order chi connectivity index (χ0) is 56.2. The Morgan fingerprint density at radius 1 is 0.416 bits per heavy atom. The molecule has 1 amide bonds. The summed E-state index contributed by atoms with van der Waals surface area (Å²) in [4.78, 5) is 13.3. The van der Waals surface area contributed by atoms with Gasteiger partial charge in [0.1, 0.15) is 73.2 Å². The van der Waals surface area contributed by atoms with Gasteiger partial charge in [-0.05, 0) is 12.8 Å². The van der Waals surface area contributed by atoms with E-state index in [-0.39, 0.29) is 18.9 Å². The van der Waals surface area contributed by atoms with Crippen LogP contribution in [0.2, 0.25) is 0 Å². The number of carbonyl (C=O) groups excluding carboxylic acids is 1. The highest BCUT2D eigenvalue weighted by Crippen LogP contribution is 2.33. The van der Waals surface area contributed by atoms with Crippen LogP contribution in [-0.2, 0) is 33.2 Å². The Morgan fingerprint density at radius 3 is 1.13 bits per heavy atom. The molecule has 3 heterocycles. The van der Waals surface area contributed by atoms with Crippen molar-refractivity contribution in [2.75, 3.05) is 26.4 Å². The molecular formula is C58H111NO18. The third kappa shape index (κ3) is 26.7. The van der Waals surface area contributed by atoms with Gasteiger partial charge in [-0.15, -0.1) is 0 Å². The van der Waals surface area contributed by atoms with Gasteiger partial charge in [0.15, 0.2) is 18.9 Å². The molecule has 3 saturated heterocycles. The molecule has 0 spiro atoms. The molecule has 0 aromatic rings. The summed E-state index contributed by atoms with van der Waals surface area (Å²) >= 11 is 0. The van der Waals surface area contributed by atoms with Crippen molar-refractivity contribution in [2.24, 2.45) is 0 Å². The lowest BCUT2D eigenvalue weighted by molar-refractivity contribution is -0.379. The molecule has 0 saturated carbocycles. The largest absolute Gasteiger partial charge is 0.394 e. The zero-order valence-corrected chi connectivity index (χ0v) is 47.5. The molecule has 19 heteroatoms. The molecule has 17 unspecified atom stereocenters. The van der Waals surface area contributed by atoms with Crippen LogP contribution in [0.1, 0.15) is 232 Å². The number of carbonyl (C=O) groups is 1. The smallest absolute Gasteiger partial charge is 0.220 e. The summed E-state index contributed by atoms with van der Waals surface area (Å²) < 4.78 is 34.3. The number of unbranched alkanes of at least 4 members (excludes halogenated alkanes) is 30. The fourth-order valence-corrected chi connectivity index (χ4v) is 10.8. The first-order chi connectivity index (χ1) is 37.3. The summed E-state index contributed by atoms with van der Waals surface area (Å²) in [5.74, 6) is -0.241. The van der Waals surface area contributed by atoms with Crippen molar-refractivity contribution in [1.29, 1.82) is 0 Å². The topological polar surface area (TPSA) is 307 Å². The standard InChI is InChI=1S/C58H111NO18/c1-3-5-7-9-11-13-15-16-17-18-19-20-21-22-23-24-26-27-29-31-33-35-42(63)41(59-46(64)36-34-32-30-28-25-14-12-10-8-6-4-2)40-72-56-52(70)49(67)54(44(38-61)74-56)77-58-53(71)50(68)55(45(39-62)75-58)76-57-51(69)48(66)47(65)43(37-60)73-57/h41-45,47-58,60-63,65-71H,3-40H2,1-2H3,(H,59,64). The number of rotatable bonds is 46. The molecule has 3 fully saturated rings. The Labute approximate surface area is 462 Å². The average Bonchev–Trinajstić information content (AvgIpc) is 3.42. The van der Waals surface area contributed by atoms with Crippen LogP contribution in [0.4, 0.5) is 0 Å². The summed E-state index contributed by atoms with van der Waals surface area (Å²) in [6.07, 6.45) is 13.4. The molecule has 12 N–H and O–H groups in total. The van der Waals surface area contributed by atoms with Gasteiger partial charge in [-0.25, -0.2) is 0 Å². The first-order valence-corrected chi connectivity index (χ1v) is 30.8. The lowest BCUT2D eigenvalue weighted by Gasteiger charge is -2.48. The Morgan fingerprint density at radius 2 is 0.740 bits per heavy atom. The molecule has 0 aromatic carbocycles. The molecule has 0 aromatic heterocycles. The van der Waals surface area contributed by atoms with Crippen molar-refractivity contribution < 1.29 is 89.4 Å². The molecule has 456 valence electrons. The van der Waals surface area contributed by atoms with Gasteiger partial charge in [-0.3, -0.25) is 4.79 Å². The highest BCUT2D eigenvalue weighted by atomic mass is 16.8. The molecule has 0 radical (unpaired) electrons. The van der Waals surface area contributed by atoms with Gasteiger partial charge in [-0.1, -0.05) is 213 Å². The molecule has 0 bridgehead atoms. The molecule has 19 nitrogen and oxygen atoms in total. The lowest BCUT2D eigenvalue weighted by Crippen LogP contribution is -2.66. The Bertz CT molecular complexity index is 1420. The second-order valence-corrected chi connectivity index (χ2v) is 22.5. The zero-order valence-electron chi connectivity index (χ0n) is 47.5. The van der Waals surface area contributed by atoms with E-state index < -0.39 is 124 Å². The summed E-state index contributed by atoms with van der Waals surface area (Å²) in [5.41, 5.74) is 0. The van der Waals surface area contributed by atoms with Crippen molar-refractivity contribution in [2.45, 2.75) is 336 Å². The maximum Gasteiger partial charge on any atom is 0.220 e. The minimum Gasteiger partial charge on any atom is -0.394 e. The molecule has 3 aliphatic heterocycles. The Kier molecular flexibility index (Phi) is 38.7. The highest BCUT2D eigenvalue weighted by molar-refractivity contribution is 5.76. The fourth-order valence-electron chi connectivity index (χ4n) is 10.8. The van der Waals surface area contributed by atoms with E-state index in [9.17, 15) is 61.0 Å². The third-order valence-electron chi connectivity index (χ3n) is 15.9. The SMILES string of the molecule is CCCCCCCCCCCCCCCCCCCCCCCC(O)C(COC1OC(CO)C(OC2OC(CO)C(OC3OC(CO)C(O)C(O)C3O)C(O)C2O)C(O)C1O)NC(=O)CCCCCCCCCCCCC. The summed E-state index contributed by atoms with van der Waals surface area (Å²) in [6.45, 7) is 1.79. The van der Waals surface area contributed by atoms with Gasteiger partial charge in [0, 0.05) is 6.42 Å². The van der Waals surface area contributed by atoms with E-state index in [1.807, 2.05) is 0 Å². The highest BCUT2D eigenvalue weighted by Gasteiger charge is 2.53. The van der Waals surface area contributed by atoms with Crippen molar-refractivity contribution >= 4 is 5.91 Å². The maximum absolute atomic E-state index is 13.3.